The second-order valence-corrected chi connectivity index (χ2v) is 5.38. The van der Waals surface area contributed by atoms with E-state index in [9.17, 15) is 4.79 Å². The highest BCUT2D eigenvalue weighted by molar-refractivity contribution is 6.30. The molecule has 0 aliphatic rings. The highest BCUT2D eigenvalue weighted by Gasteiger charge is 2.04. The summed E-state index contributed by atoms with van der Waals surface area (Å²) in [6, 6.07) is 14.4. The minimum absolute atomic E-state index is 0.0577. The Kier molecular flexibility index (Phi) is 5.02. The second-order valence-electron chi connectivity index (χ2n) is 4.94. The Morgan fingerprint density at radius 3 is 2.54 bits per heavy atom. The molecule has 0 aliphatic heterocycles. The van der Waals surface area contributed by atoms with Crippen LogP contribution in [0.5, 0.6) is 5.75 Å². The number of aromatic nitrogens is 4. The number of nitrogens with zero attached hydrogens (tertiary/aromatic N) is 4. The quantitative estimate of drug-likeness (QED) is 0.740. The third kappa shape index (κ3) is 4.30. The minimum Gasteiger partial charge on any atom is -0.484 e. The molecule has 3 aromatic rings. The van der Waals surface area contributed by atoms with Gasteiger partial charge in [-0.15, -0.1) is 5.10 Å². The first-order valence-corrected chi connectivity index (χ1v) is 7.56. The summed E-state index contributed by atoms with van der Waals surface area (Å²) in [6.45, 7) is 0.370. The first-order valence-electron chi connectivity index (χ1n) is 7.18. The van der Waals surface area contributed by atoms with Gasteiger partial charge in [0.15, 0.2) is 6.61 Å². The first-order chi connectivity index (χ1) is 11.7. The molecule has 0 unspecified atom stereocenters. The van der Waals surface area contributed by atoms with Crippen LogP contribution in [0.1, 0.15) is 5.56 Å². The highest BCUT2D eigenvalue weighted by Crippen LogP contribution is 2.14. The Morgan fingerprint density at radius 2 is 1.88 bits per heavy atom. The number of ether oxygens (including phenoxy) is 1. The van der Waals surface area contributed by atoms with Crippen LogP contribution in [0.25, 0.3) is 5.69 Å². The zero-order chi connectivity index (χ0) is 16.8. The maximum absolute atomic E-state index is 11.8. The molecule has 0 aliphatic carbocycles. The lowest BCUT2D eigenvalue weighted by Gasteiger charge is -2.08. The average molecular weight is 344 g/mol. The predicted octanol–water partition coefficient (Wildman–Crippen LogP) is 2.01. The molecule has 1 aromatic heterocycles. The normalized spacial score (nSPS) is 10.4. The van der Waals surface area contributed by atoms with Crippen molar-refractivity contribution in [3.8, 4) is 11.4 Å². The molecular formula is C16H14ClN5O2. The Bertz CT molecular complexity index is 788. The Labute approximate surface area is 143 Å². The van der Waals surface area contributed by atoms with Gasteiger partial charge in [-0.05, 0) is 52.4 Å². The van der Waals surface area contributed by atoms with Crippen LogP contribution in [0.2, 0.25) is 5.02 Å². The smallest absolute Gasteiger partial charge is 0.258 e. The molecule has 0 atom stereocenters. The van der Waals surface area contributed by atoms with Crippen molar-refractivity contribution in [3.63, 3.8) is 0 Å². The molecule has 0 radical (unpaired) electrons. The van der Waals surface area contributed by atoms with Gasteiger partial charge in [0.1, 0.15) is 12.1 Å². The summed E-state index contributed by atoms with van der Waals surface area (Å²) in [7, 11) is 0. The van der Waals surface area contributed by atoms with E-state index in [0.717, 1.165) is 11.3 Å². The van der Waals surface area contributed by atoms with Crippen molar-refractivity contribution in [2.45, 2.75) is 6.54 Å². The molecular weight excluding hydrogens is 330 g/mol. The molecule has 0 bridgehead atoms. The largest absolute Gasteiger partial charge is 0.484 e. The van der Waals surface area contributed by atoms with Crippen molar-refractivity contribution in [3.05, 3.63) is 65.4 Å². The van der Waals surface area contributed by atoms with Crippen LogP contribution in [0.15, 0.2) is 54.9 Å². The van der Waals surface area contributed by atoms with Crippen LogP contribution in [0.3, 0.4) is 0 Å². The van der Waals surface area contributed by atoms with Crippen LogP contribution in [0.4, 0.5) is 0 Å². The van der Waals surface area contributed by atoms with Gasteiger partial charge in [-0.3, -0.25) is 4.79 Å². The fourth-order valence-corrected chi connectivity index (χ4v) is 2.10. The lowest BCUT2D eigenvalue weighted by atomic mass is 10.2. The van der Waals surface area contributed by atoms with Crippen LogP contribution in [0, 0.1) is 0 Å². The molecule has 8 heteroatoms. The topological polar surface area (TPSA) is 81.9 Å². The van der Waals surface area contributed by atoms with Gasteiger partial charge in [0, 0.05) is 11.6 Å². The fourth-order valence-electron chi connectivity index (χ4n) is 1.98. The van der Waals surface area contributed by atoms with Gasteiger partial charge in [0.2, 0.25) is 0 Å². The molecule has 122 valence electrons. The van der Waals surface area contributed by atoms with E-state index in [2.05, 4.69) is 20.8 Å². The molecule has 7 nitrogen and oxygen atoms in total. The van der Waals surface area contributed by atoms with E-state index < -0.39 is 0 Å². The summed E-state index contributed by atoms with van der Waals surface area (Å²) in [4.78, 5) is 11.8. The van der Waals surface area contributed by atoms with E-state index in [4.69, 9.17) is 16.3 Å². The van der Waals surface area contributed by atoms with Crippen LogP contribution < -0.4 is 10.1 Å². The summed E-state index contributed by atoms with van der Waals surface area (Å²) >= 11 is 5.82. The van der Waals surface area contributed by atoms with Gasteiger partial charge in [-0.1, -0.05) is 23.7 Å². The van der Waals surface area contributed by atoms with Crippen LogP contribution in [-0.2, 0) is 11.3 Å². The van der Waals surface area contributed by atoms with Crippen molar-refractivity contribution in [2.24, 2.45) is 0 Å². The number of amides is 1. The number of tetrazole rings is 1. The summed E-state index contributed by atoms with van der Waals surface area (Å²) in [5, 5.41) is 14.4. The average Bonchev–Trinajstić information content (AvgIpc) is 3.14. The van der Waals surface area contributed by atoms with Gasteiger partial charge < -0.3 is 10.1 Å². The standard InChI is InChI=1S/C16H14ClN5O2/c17-13-3-1-12(2-4-13)9-18-16(23)10-24-15-7-5-14(6-8-15)22-11-19-20-21-22/h1-8,11H,9-10H2,(H,18,23). The number of benzene rings is 2. The molecule has 0 spiro atoms. The molecule has 0 saturated heterocycles. The fraction of sp³-hybridized carbons (Fsp3) is 0.125. The van der Waals surface area contributed by atoms with Crippen molar-refractivity contribution in [1.29, 1.82) is 0 Å². The number of carbonyl (C=O) groups excluding carboxylic acids is 1. The molecule has 3 rings (SSSR count). The molecule has 24 heavy (non-hydrogen) atoms. The maximum atomic E-state index is 11.8. The van der Waals surface area contributed by atoms with E-state index in [1.807, 2.05) is 12.1 Å². The number of hydrogen-bond acceptors (Lipinski definition) is 5. The number of carbonyl (C=O) groups is 1. The molecule has 0 saturated carbocycles. The van der Waals surface area contributed by atoms with Crippen molar-refractivity contribution in [2.75, 3.05) is 6.61 Å². The van der Waals surface area contributed by atoms with E-state index in [-0.39, 0.29) is 12.5 Å². The first kappa shape index (κ1) is 15.9. The number of hydrogen-bond donors (Lipinski definition) is 1. The van der Waals surface area contributed by atoms with Gasteiger partial charge in [-0.2, -0.15) is 0 Å². The van der Waals surface area contributed by atoms with E-state index in [1.54, 1.807) is 36.4 Å². The summed E-state index contributed by atoms with van der Waals surface area (Å²) < 4.78 is 6.98. The number of halogens is 1. The van der Waals surface area contributed by atoms with Crippen molar-refractivity contribution < 1.29 is 9.53 Å². The number of rotatable bonds is 6. The SMILES string of the molecule is O=C(COc1ccc(-n2cnnn2)cc1)NCc1ccc(Cl)cc1. The lowest BCUT2D eigenvalue weighted by Crippen LogP contribution is -2.28. The Morgan fingerprint density at radius 1 is 1.12 bits per heavy atom. The molecule has 1 heterocycles. The zero-order valence-corrected chi connectivity index (χ0v) is 13.3. The second kappa shape index (κ2) is 7.56. The van der Waals surface area contributed by atoms with Gasteiger partial charge in [-0.25, -0.2) is 4.68 Å². The summed E-state index contributed by atoms with van der Waals surface area (Å²) in [5.74, 6) is 0.392. The maximum Gasteiger partial charge on any atom is 0.258 e. The monoisotopic (exact) mass is 343 g/mol. The molecule has 1 N–H and O–H groups in total. The zero-order valence-electron chi connectivity index (χ0n) is 12.6. The van der Waals surface area contributed by atoms with E-state index in [1.165, 1.54) is 11.0 Å². The number of nitrogens with one attached hydrogen (secondary N) is 1. The summed E-state index contributed by atoms with van der Waals surface area (Å²) in [6.07, 6.45) is 1.50. The Balaban J connectivity index is 1.46. The summed E-state index contributed by atoms with van der Waals surface area (Å²) in [5.41, 5.74) is 1.78. The van der Waals surface area contributed by atoms with Gasteiger partial charge in [0.25, 0.3) is 5.91 Å². The van der Waals surface area contributed by atoms with Gasteiger partial charge in [0.05, 0.1) is 5.69 Å². The van der Waals surface area contributed by atoms with Crippen molar-refractivity contribution >= 4 is 17.5 Å². The van der Waals surface area contributed by atoms with E-state index >= 15 is 0 Å². The lowest BCUT2D eigenvalue weighted by molar-refractivity contribution is -0.123. The highest BCUT2D eigenvalue weighted by atomic mass is 35.5. The van der Waals surface area contributed by atoms with Crippen LogP contribution in [-0.4, -0.2) is 32.7 Å². The van der Waals surface area contributed by atoms with Crippen molar-refractivity contribution in [1.82, 2.24) is 25.5 Å². The van der Waals surface area contributed by atoms with Crippen LogP contribution >= 0.6 is 11.6 Å². The van der Waals surface area contributed by atoms with E-state index in [0.29, 0.717) is 17.3 Å². The molecule has 1 amide bonds. The molecule has 2 aromatic carbocycles. The molecule has 0 fully saturated rings. The van der Waals surface area contributed by atoms with Gasteiger partial charge >= 0.3 is 0 Å². The Hall–Kier alpha value is -2.93. The third-order valence-corrected chi connectivity index (χ3v) is 3.48. The predicted molar refractivity (Wildman–Crippen MR) is 87.9 cm³/mol. The minimum atomic E-state index is -0.200. The third-order valence-electron chi connectivity index (χ3n) is 3.22.